The Morgan fingerprint density at radius 2 is 1.91 bits per heavy atom. The number of carbonyl (C=O) groups excluding carboxylic acids is 1. The maximum atomic E-state index is 12.4. The summed E-state index contributed by atoms with van der Waals surface area (Å²) in [6, 6.07) is 4.37. The van der Waals surface area contributed by atoms with Crippen molar-refractivity contribution in [2.45, 2.75) is 0 Å². The number of aromatic nitrogens is 2. The number of rotatable bonds is 2. The van der Waals surface area contributed by atoms with Gasteiger partial charge in [0, 0.05) is 25.9 Å². The zero-order valence-corrected chi connectivity index (χ0v) is 11.9. The van der Waals surface area contributed by atoms with Gasteiger partial charge in [-0.2, -0.15) is 5.10 Å². The molecule has 112 valence electrons. The minimum atomic E-state index is -1.09. The molecule has 1 amide bonds. The van der Waals surface area contributed by atoms with E-state index in [1.807, 2.05) is 0 Å². The first-order valence-electron chi connectivity index (χ1n) is 6.48. The molecule has 1 aromatic carbocycles. The number of aliphatic hydroxyl groups excluding tert-OH is 1. The molecular weight excluding hydrogens is 286 g/mol. The van der Waals surface area contributed by atoms with Crippen molar-refractivity contribution in [2.75, 3.05) is 11.9 Å². The molecule has 2 heterocycles. The Morgan fingerprint density at radius 3 is 2.50 bits per heavy atom. The number of nitrogens with zero attached hydrogens (tertiary/aromatic N) is 3. The van der Waals surface area contributed by atoms with Crippen LogP contribution in [0.2, 0.25) is 0 Å². The fraction of sp³-hybridized carbons (Fsp3) is 0.133. The molecule has 3 rings (SSSR count). The summed E-state index contributed by atoms with van der Waals surface area (Å²) >= 11 is 0. The van der Waals surface area contributed by atoms with Gasteiger partial charge in [-0.3, -0.25) is 9.48 Å². The summed E-state index contributed by atoms with van der Waals surface area (Å²) in [7, 11) is 3.27. The monoisotopic (exact) mass is 299 g/mol. The van der Waals surface area contributed by atoms with Gasteiger partial charge in [-0.15, -0.1) is 0 Å². The van der Waals surface area contributed by atoms with Gasteiger partial charge in [0.2, 0.25) is 0 Å². The number of aryl methyl sites for hydroxylation is 1. The maximum Gasteiger partial charge on any atom is 0.335 e. The zero-order valence-electron chi connectivity index (χ0n) is 11.9. The summed E-state index contributed by atoms with van der Waals surface area (Å²) < 4.78 is 1.50. The molecule has 2 aromatic rings. The summed E-state index contributed by atoms with van der Waals surface area (Å²) in [4.78, 5) is 24.9. The van der Waals surface area contributed by atoms with Crippen LogP contribution in [0.4, 0.5) is 5.69 Å². The Morgan fingerprint density at radius 1 is 1.18 bits per heavy atom. The van der Waals surface area contributed by atoms with Crippen LogP contribution < -0.4 is 4.90 Å². The molecule has 0 aliphatic carbocycles. The lowest BCUT2D eigenvalue weighted by Crippen LogP contribution is -2.20. The molecular formula is C15H13N3O4. The van der Waals surface area contributed by atoms with Gasteiger partial charge in [-0.1, -0.05) is 0 Å². The highest BCUT2D eigenvalue weighted by molar-refractivity contribution is 6.36. The normalized spacial score (nSPS) is 15.9. The standard InChI is InChI=1S/C15H13N3O4/c1-17-7-9(6-16-17)13(19)12-10-5-8(15(21)22)3-4-11(10)18(2)14(12)20/h3-7,19H,1-2H3,(H,21,22). The fourth-order valence-corrected chi connectivity index (χ4v) is 2.47. The summed E-state index contributed by atoms with van der Waals surface area (Å²) in [5.74, 6) is -1.70. The van der Waals surface area contributed by atoms with Crippen molar-refractivity contribution in [3.05, 3.63) is 47.3 Å². The lowest BCUT2D eigenvalue weighted by molar-refractivity contribution is -0.112. The van der Waals surface area contributed by atoms with Gasteiger partial charge in [0.25, 0.3) is 5.91 Å². The van der Waals surface area contributed by atoms with E-state index in [2.05, 4.69) is 5.10 Å². The van der Waals surface area contributed by atoms with E-state index in [4.69, 9.17) is 5.11 Å². The molecule has 22 heavy (non-hydrogen) atoms. The minimum Gasteiger partial charge on any atom is -0.506 e. The number of carboxylic acid groups (broad SMARTS) is 1. The average molecular weight is 299 g/mol. The molecule has 0 saturated carbocycles. The number of fused-ring (bicyclic) bond motifs is 1. The number of hydrogen-bond donors (Lipinski definition) is 2. The molecule has 1 aliphatic rings. The Kier molecular flexibility index (Phi) is 2.98. The third-order valence-electron chi connectivity index (χ3n) is 3.61. The molecule has 7 nitrogen and oxygen atoms in total. The van der Waals surface area contributed by atoms with Gasteiger partial charge >= 0.3 is 5.97 Å². The number of aromatic carboxylic acids is 1. The van der Waals surface area contributed by atoms with E-state index in [-0.39, 0.29) is 22.8 Å². The highest BCUT2D eigenvalue weighted by Gasteiger charge is 2.34. The van der Waals surface area contributed by atoms with Crippen LogP contribution in [0.1, 0.15) is 21.5 Å². The lowest BCUT2D eigenvalue weighted by atomic mass is 10.0. The highest BCUT2D eigenvalue weighted by Crippen LogP contribution is 2.39. The van der Waals surface area contributed by atoms with E-state index in [1.165, 1.54) is 27.9 Å². The topological polar surface area (TPSA) is 95.7 Å². The second-order valence-corrected chi connectivity index (χ2v) is 5.03. The van der Waals surface area contributed by atoms with Gasteiger partial charge in [0.05, 0.1) is 28.6 Å². The van der Waals surface area contributed by atoms with Crippen molar-refractivity contribution < 1.29 is 19.8 Å². The molecule has 0 saturated heterocycles. The highest BCUT2D eigenvalue weighted by atomic mass is 16.4. The SMILES string of the molecule is CN1C(=O)C(=C(O)c2cnn(C)c2)c2cc(C(=O)O)ccc21. The Labute approximate surface area is 125 Å². The van der Waals surface area contributed by atoms with E-state index < -0.39 is 5.97 Å². The van der Waals surface area contributed by atoms with E-state index in [9.17, 15) is 14.7 Å². The summed E-state index contributed by atoms with van der Waals surface area (Å²) in [5.41, 5.74) is 1.48. The number of aliphatic hydroxyl groups is 1. The van der Waals surface area contributed by atoms with E-state index in [1.54, 1.807) is 26.4 Å². The van der Waals surface area contributed by atoms with Crippen molar-refractivity contribution in [1.82, 2.24) is 9.78 Å². The van der Waals surface area contributed by atoms with Gasteiger partial charge in [0.1, 0.15) is 5.76 Å². The molecule has 0 spiro atoms. The van der Waals surface area contributed by atoms with Crippen molar-refractivity contribution in [3.8, 4) is 0 Å². The second-order valence-electron chi connectivity index (χ2n) is 5.03. The first kappa shape index (κ1) is 13.9. The van der Waals surface area contributed by atoms with Gasteiger partial charge < -0.3 is 15.1 Å². The van der Waals surface area contributed by atoms with Crippen LogP contribution in [0.3, 0.4) is 0 Å². The number of carbonyl (C=O) groups is 2. The largest absolute Gasteiger partial charge is 0.506 e. The van der Waals surface area contributed by atoms with Crippen LogP contribution >= 0.6 is 0 Å². The zero-order chi connectivity index (χ0) is 16.0. The number of anilines is 1. The van der Waals surface area contributed by atoms with Crippen LogP contribution in [0.5, 0.6) is 0 Å². The molecule has 2 N–H and O–H groups in total. The molecule has 0 bridgehead atoms. The third kappa shape index (κ3) is 1.95. The Balaban J connectivity index is 2.24. The van der Waals surface area contributed by atoms with Gasteiger partial charge in [0.15, 0.2) is 0 Å². The molecule has 0 fully saturated rings. The van der Waals surface area contributed by atoms with Crippen molar-refractivity contribution in [2.24, 2.45) is 7.05 Å². The first-order chi connectivity index (χ1) is 10.4. The third-order valence-corrected chi connectivity index (χ3v) is 3.61. The Bertz CT molecular complexity index is 835. The summed E-state index contributed by atoms with van der Waals surface area (Å²) in [5, 5.41) is 23.5. The van der Waals surface area contributed by atoms with Crippen LogP contribution in [0.15, 0.2) is 30.6 Å². The quantitative estimate of drug-likeness (QED) is 0.647. The average Bonchev–Trinajstić information content (AvgIpc) is 3.02. The number of benzene rings is 1. The van der Waals surface area contributed by atoms with E-state index in [0.717, 1.165) is 0 Å². The second kappa shape index (κ2) is 4.73. The molecule has 1 aromatic heterocycles. The minimum absolute atomic E-state index is 0.0540. The predicted molar refractivity (Wildman–Crippen MR) is 79.5 cm³/mol. The molecule has 0 atom stereocenters. The van der Waals surface area contributed by atoms with E-state index >= 15 is 0 Å². The van der Waals surface area contributed by atoms with Gasteiger partial charge in [-0.25, -0.2) is 4.79 Å². The first-order valence-corrected chi connectivity index (χ1v) is 6.48. The Hall–Kier alpha value is -3.09. The number of likely N-dealkylation sites (N-methyl/N-ethyl adjacent to an activating group) is 1. The van der Waals surface area contributed by atoms with Crippen LogP contribution in [0.25, 0.3) is 11.3 Å². The van der Waals surface area contributed by atoms with Crippen molar-refractivity contribution >= 4 is 28.9 Å². The lowest BCUT2D eigenvalue weighted by Gasteiger charge is -2.08. The van der Waals surface area contributed by atoms with Crippen LogP contribution in [-0.2, 0) is 11.8 Å². The molecule has 7 heteroatoms. The maximum absolute atomic E-state index is 12.4. The van der Waals surface area contributed by atoms with Crippen LogP contribution in [0, 0.1) is 0 Å². The van der Waals surface area contributed by atoms with Gasteiger partial charge in [-0.05, 0) is 18.2 Å². The molecule has 1 aliphatic heterocycles. The predicted octanol–water partition coefficient (Wildman–Crippen LogP) is 1.52. The fourth-order valence-electron chi connectivity index (χ4n) is 2.47. The van der Waals surface area contributed by atoms with Crippen molar-refractivity contribution in [3.63, 3.8) is 0 Å². The van der Waals surface area contributed by atoms with Crippen LogP contribution in [-0.4, -0.2) is 38.9 Å². The molecule has 0 unspecified atom stereocenters. The molecule has 0 radical (unpaired) electrons. The van der Waals surface area contributed by atoms with Crippen molar-refractivity contribution in [1.29, 1.82) is 0 Å². The number of hydrogen-bond acceptors (Lipinski definition) is 4. The summed E-state index contributed by atoms with van der Waals surface area (Å²) in [6.45, 7) is 0. The van der Waals surface area contributed by atoms with E-state index in [0.29, 0.717) is 16.8 Å². The number of amides is 1. The summed E-state index contributed by atoms with van der Waals surface area (Å²) in [6.07, 6.45) is 3.02. The smallest absolute Gasteiger partial charge is 0.335 e. The number of carboxylic acids is 1.